The van der Waals surface area contributed by atoms with Crippen molar-refractivity contribution in [1.29, 1.82) is 0 Å². The van der Waals surface area contributed by atoms with E-state index < -0.39 is 11.7 Å². The molecule has 0 atom stereocenters. The summed E-state index contributed by atoms with van der Waals surface area (Å²) in [6.45, 7) is 5.46. The van der Waals surface area contributed by atoms with Gasteiger partial charge in [0.2, 0.25) is 5.91 Å². The predicted octanol–water partition coefficient (Wildman–Crippen LogP) is 2.00. The van der Waals surface area contributed by atoms with Gasteiger partial charge >= 0.3 is 6.09 Å². The fourth-order valence-corrected chi connectivity index (χ4v) is 2.78. The molecule has 0 unspecified atom stereocenters. The number of benzene rings is 1. The molecule has 8 nitrogen and oxygen atoms in total. The van der Waals surface area contributed by atoms with Crippen molar-refractivity contribution in [2.75, 3.05) is 18.1 Å². The highest BCUT2D eigenvalue weighted by Crippen LogP contribution is 2.32. The SMILES string of the molecule is CNC(=O)OC(C)(C)C.NNC(=O)c1cc2c(cc1F)SCCC(=O)N2. The zero-order valence-electron chi connectivity index (χ0n) is 15.1. The van der Waals surface area contributed by atoms with E-state index in [0.29, 0.717) is 22.8 Å². The molecule has 3 amide bonds. The average molecular weight is 386 g/mol. The summed E-state index contributed by atoms with van der Waals surface area (Å²) >= 11 is 1.37. The molecular formula is C16H23FN4O4S. The van der Waals surface area contributed by atoms with Crippen molar-refractivity contribution in [3.63, 3.8) is 0 Å². The van der Waals surface area contributed by atoms with Crippen molar-refractivity contribution in [1.82, 2.24) is 10.7 Å². The fourth-order valence-electron chi connectivity index (χ4n) is 1.82. The maximum Gasteiger partial charge on any atom is 0.407 e. The number of hydrazine groups is 1. The number of nitrogen functional groups attached to an aromatic ring is 1. The van der Waals surface area contributed by atoms with Crippen molar-refractivity contribution >= 4 is 35.4 Å². The number of carbonyl (C=O) groups is 3. The first-order valence-corrected chi connectivity index (χ1v) is 8.73. The van der Waals surface area contributed by atoms with Crippen LogP contribution in [0, 0.1) is 5.82 Å². The molecule has 144 valence electrons. The Kier molecular flexibility index (Phi) is 7.84. The number of fused-ring (bicyclic) bond motifs is 1. The molecule has 10 heteroatoms. The molecule has 2 rings (SSSR count). The van der Waals surface area contributed by atoms with Crippen molar-refractivity contribution in [3.05, 3.63) is 23.5 Å². The Balaban J connectivity index is 0.000000321. The molecule has 1 heterocycles. The van der Waals surface area contributed by atoms with Gasteiger partial charge in [-0.2, -0.15) is 0 Å². The lowest BCUT2D eigenvalue weighted by atomic mass is 10.1. The summed E-state index contributed by atoms with van der Waals surface area (Å²) in [7, 11) is 1.54. The second-order valence-corrected chi connectivity index (χ2v) is 7.34. The number of nitrogens with two attached hydrogens (primary N) is 1. The van der Waals surface area contributed by atoms with E-state index in [1.807, 2.05) is 26.2 Å². The second-order valence-electron chi connectivity index (χ2n) is 6.20. The Labute approximate surface area is 155 Å². The van der Waals surface area contributed by atoms with Gasteiger partial charge in [-0.05, 0) is 32.9 Å². The lowest BCUT2D eigenvalue weighted by Crippen LogP contribution is -2.30. The smallest absolute Gasteiger partial charge is 0.407 e. The molecule has 0 saturated carbocycles. The van der Waals surface area contributed by atoms with Crippen LogP contribution in [0.15, 0.2) is 17.0 Å². The average Bonchev–Trinajstić information content (AvgIpc) is 2.72. The highest BCUT2D eigenvalue weighted by atomic mass is 32.2. The van der Waals surface area contributed by atoms with E-state index >= 15 is 0 Å². The minimum absolute atomic E-state index is 0.151. The van der Waals surface area contributed by atoms with Gasteiger partial charge in [0.25, 0.3) is 5.91 Å². The van der Waals surface area contributed by atoms with Crippen LogP contribution in [0.1, 0.15) is 37.6 Å². The maximum absolute atomic E-state index is 13.6. The number of ether oxygens (including phenoxy) is 1. The molecule has 0 saturated heterocycles. The number of alkyl carbamates (subject to hydrolysis) is 1. The molecule has 0 spiro atoms. The molecule has 1 aliphatic heterocycles. The number of anilines is 1. The number of hydrogen-bond acceptors (Lipinski definition) is 6. The van der Waals surface area contributed by atoms with E-state index in [9.17, 15) is 18.8 Å². The topological polar surface area (TPSA) is 123 Å². The standard InChI is InChI=1S/C10H10FN3O2S.C6H13NO2/c11-6-4-8-7(3-5(6)10(16)14-12)13-9(15)1-2-17-8;1-6(2,3)9-5(8)7-4/h3-4H,1-2,12H2,(H,13,15)(H,14,16);1-4H3,(H,7,8). The molecule has 0 radical (unpaired) electrons. The zero-order valence-corrected chi connectivity index (χ0v) is 15.9. The summed E-state index contributed by atoms with van der Waals surface area (Å²) in [5, 5.41) is 4.98. The number of nitrogens with one attached hydrogen (secondary N) is 3. The Bertz CT molecular complexity index is 692. The Morgan fingerprint density at radius 2 is 2.00 bits per heavy atom. The minimum Gasteiger partial charge on any atom is -0.444 e. The van der Waals surface area contributed by atoms with Gasteiger partial charge < -0.3 is 15.4 Å². The molecule has 0 fully saturated rings. The van der Waals surface area contributed by atoms with Crippen LogP contribution in [0.2, 0.25) is 0 Å². The van der Waals surface area contributed by atoms with Crippen molar-refractivity contribution in [2.45, 2.75) is 37.7 Å². The minimum atomic E-state index is -0.728. The third-order valence-corrected chi connectivity index (χ3v) is 3.97. The number of hydrogen-bond donors (Lipinski definition) is 4. The second kappa shape index (κ2) is 9.39. The molecule has 0 bridgehead atoms. The summed E-state index contributed by atoms with van der Waals surface area (Å²) in [6.07, 6.45) is -0.0261. The molecule has 0 aromatic heterocycles. The summed E-state index contributed by atoms with van der Waals surface area (Å²) in [5.74, 6) is 4.00. The van der Waals surface area contributed by atoms with Crippen molar-refractivity contribution in [3.8, 4) is 0 Å². The van der Waals surface area contributed by atoms with Gasteiger partial charge in [-0.1, -0.05) is 0 Å². The van der Waals surface area contributed by atoms with Crippen LogP contribution in [0.3, 0.4) is 0 Å². The third-order valence-electron chi connectivity index (χ3n) is 2.91. The molecule has 1 aliphatic rings. The number of thioether (sulfide) groups is 1. The number of halogens is 1. The zero-order chi connectivity index (χ0) is 19.9. The van der Waals surface area contributed by atoms with Crippen LogP contribution in [0.4, 0.5) is 14.9 Å². The van der Waals surface area contributed by atoms with E-state index in [1.54, 1.807) is 0 Å². The molecule has 1 aromatic carbocycles. The molecular weight excluding hydrogens is 363 g/mol. The lowest BCUT2D eigenvalue weighted by Gasteiger charge is -2.18. The Hall–Kier alpha value is -2.33. The number of rotatable bonds is 1. The highest BCUT2D eigenvalue weighted by molar-refractivity contribution is 7.99. The third kappa shape index (κ3) is 6.89. The predicted molar refractivity (Wildman–Crippen MR) is 97.3 cm³/mol. The van der Waals surface area contributed by atoms with E-state index in [1.165, 1.54) is 30.9 Å². The van der Waals surface area contributed by atoms with Crippen molar-refractivity contribution < 1.29 is 23.5 Å². The number of amides is 3. The normalized spacial score (nSPS) is 13.2. The first-order chi connectivity index (χ1) is 12.1. The van der Waals surface area contributed by atoms with Gasteiger partial charge in [-0.3, -0.25) is 15.0 Å². The van der Waals surface area contributed by atoms with Gasteiger partial charge in [-0.15, -0.1) is 11.8 Å². The van der Waals surface area contributed by atoms with Gasteiger partial charge in [0.15, 0.2) is 0 Å². The van der Waals surface area contributed by atoms with Crippen LogP contribution in [-0.2, 0) is 9.53 Å². The monoisotopic (exact) mass is 386 g/mol. The molecule has 5 N–H and O–H groups in total. The summed E-state index contributed by atoms with van der Waals surface area (Å²) < 4.78 is 18.4. The summed E-state index contributed by atoms with van der Waals surface area (Å²) in [4.78, 5) is 33.7. The van der Waals surface area contributed by atoms with Crippen LogP contribution in [-0.4, -0.2) is 36.3 Å². The van der Waals surface area contributed by atoms with Gasteiger partial charge in [0, 0.05) is 24.1 Å². The van der Waals surface area contributed by atoms with Gasteiger partial charge in [-0.25, -0.2) is 15.0 Å². The van der Waals surface area contributed by atoms with E-state index in [0.717, 1.165) is 0 Å². The lowest BCUT2D eigenvalue weighted by molar-refractivity contribution is -0.115. The Morgan fingerprint density at radius 1 is 1.35 bits per heavy atom. The van der Waals surface area contributed by atoms with E-state index in [-0.39, 0.29) is 23.2 Å². The van der Waals surface area contributed by atoms with Crippen LogP contribution >= 0.6 is 11.8 Å². The summed E-state index contributed by atoms with van der Waals surface area (Å²) in [5.41, 5.74) is 1.72. The Morgan fingerprint density at radius 3 is 2.50 bits per heavy atom. The number of carbonyl (C=O) groups excluding carboxylic acids is 3. The molecule has 0 aliphatic carbocycles. The van der Waals surface area contributed by atoms with Gasteiger partial charge in [0.1, 0.15) is 11.4 Å². The highest BCUT2D eigenvalue weighted by Gasteiger charge is 2.19. The van der Waals surface area contributed by atoms with Gasteiger partial charge in [0.05, 0.1) is 11.3 Å². The first-order valence-electron chi connectivity index (χ1n) is 7.75. The van der Waals surface area contributed by atoms with E-state index in [4.69, 9.17) is 10.6 Å². The largest absolute Gasteiger partial charge is 0.444 e. The molecule has 1 aromatic rings. The fraction of sp³-hybridized carbons (Fsp3) is 0.438. The maximum atomic E-state index is 13.6. The first kappa shape index (κ1) is 21.7. The van der Waals surface area contributed by atoms with Crippen LogP contribution in [0.5, 0.6) is 0 Å². The van der Waals surface area contributed by atoms with E-state index in [2.05, 4.69) is 10.6 Å². The van der Waals surface area contributed by atoms with Crippen molar-refractivity contribution in [2.24, 2.45) is 5.84 Å². The van der Waals surface area contributed by atoms with Crippen LogP contribution < -0.4 is 21.9 Å². The van der Waals surface area contributed by atoms with Crippen LogP contribution in [0.25, 0.3) is 0 Å². The quantitative estimate of drug-likeness (QED) is 0.333. The molecule has 26 heavy (non-hydrogen) atoms. The summed E-state index contributed by atoms with van der Waals surface area (Å²) in [6, 6.07) is 2.53.